The van der Waals surface area contributed by atoms with Crippen LogP contribution >= 0.6 is 0 Å². The molecule has 1 aromatic heterocycles. The Bertz CT molecular complexity index is 438. The third-order valence-corrected chi connectivity index (χ3v) is 3.95. The number of nitrogens with zero attached hydrogens (tertiary/aromatic N) is 2. The predicted octanol–water partition coefficient (Wildman–Crippen LogP) is 2.28. The van der Waals surface area contributed by atoms with Crippen molar-refractivity contribution in [3.05, 3.63) is 12.3 Å². The van der Waals surface area contributed by atoms with Crippen LogP contribution in [0.2, 0.25) is 0 Å². The Kier molecular flexibility index (Phi) is 5.00. The van der Waals surface area contributed by atoms with E-state index in [1.54, 1.807) is 12.3 Å². The lowest BCUT2D eigenvalue weighted by Crippen LogP contribution is -2.41. The first kappa shape index (κ1) is 14.8. The predicted molar refractivity (Wildman–Crippen MR) is 77.6 cm³/mol. The number of hydrogen-bond donors (Lipinski definition) is 3. The SMILES string of the molecule is CCC(C)n1nccc1NC(=O)NC1CCC(O)CC1. The minimum Gasteiger partial charge on any atom is -0.393 e. The summed E-state index contributed by atoms with van der Waals surface area (Å²) in [6.45, 7) is 4.15. The molecular formula is C14H24N4O2. The largest absolute Gasteiger partial charge is 0.393 e. The van der Waals surface area contributed by atoms with E-state index in [1.807, 2.05) is 4.68 Å². The van der Waals surface area contributed by atoms with Crippen molar-refractivity contribution in [2.24, 2.45) is 0 Å². The number of aliphatic hydroxyl groups excluding tert-OH is 1. The minimum atomic E-state index is -0.206. The van der Waals surface area contributed by atoms with E-state index in [0.29, 0.717) is 5.82 Å². The fraction of sp³-hybridized carbons (Fsp3) is 0.714. The van der Waals surface area contributed by atoms with Crippen molar-refractivity contribution in [3.63, 3.8) is 0 Å². The number of carbonyl (C=O) groups excluding carboxylic acids is 1. The molecule has 1 aliphatic carbocycles. The van der Waals surface area contributed by atoms with Crippen molar-refractivity contribution in [2.75, 3.05) is 5.32 Å². The van der Waals surface area contributed by atoms with Crippen LogP contribution in [0.1, 0.15) is 52.0 Å². The van der Waals surface area contributed by atoms with Crippen LogP contribution in [-0.4, -0.2) is 33.1 Å². The van der Waals surface area contributed by atoms with Gasteiger partial charge in [-0.05, 0) is 39.0 Å². The smallest absolute Gasteiger partial charge is 0.320 e. The Hall–Kier alpha value is -1.56. The van der Waals surface area contributed by atoms with Crippen molar-refractivity contribution in [2.45, 2.75) is 64.1 Å². The van der Waals surface area contributed by atoms with Crippen LogP contribution in [0.3, 0.4) is 0 Å². The summed E-state index contributed by atoms with van der Waals surface area (Å²) in [5.41, 5.74) is 0. The second-order valence-corrected chi connectivity index (χ2v) is 5.52. The third-order valence-electron chi connectivity index (χ3n) is 3.95. The van der Waals surface area contributed by atoms with Gasteiger partial charge in [-0.15, -0.1) is 0 Å². The van der Waals surface area contributed by atoms with Gasteiger partial charge < -0.3 is 10.4 Å². The lowest BCUT2D eigenvalue weighted by atomic mass is 9.93. The molecule has 6 heteroatoms. The number of aromatic nitrogens is 2. The molecule has 20 heavy (non-hydrogen) atoms. The van der Waals surface area contributed by atoms with Crippen molar-refractivity contribution >= 4 is 11.8 Å². The molecule has 0 saturated heterocycles. The molecule has 0 aliphatic heterocycles. The summed E-state index contributed by atoms with van der Waals surface area (Å²) in [6.07, 6.45) is 5.63. The zero-order valence-electron chi connectivity index (χ0n) is 12.2. The number of nitrogens with one attached hydrogen (secondary N) is 2. The molecule has 0 aromatic carbocycles. The van der Waals surface area contributed by atoms with E-state index in [9.17, 15) is 9.90 Å². The van der Waals surface area contributed by atoms with E-state index in [1.165, 1.54) is 0 Å². The summed E-state index contributed by atoms with van der Waals surface area (Å²) in [4.78, 5) is 12.0. The number of carbonyl (C=O) groups is 1. The first-order valence-corrected chi connectivity index (χ1v) is 7.39. The molecule has 2 rings (SSSR count). The monoisotopic (exact) mass is 280 g/mol. The zero-order valence-corrected chi connectivity index (χ0v) is 12.2. The van der Waals surface area contributed by atoms with Crippen LogP contribution in [-0.2, 0) is 0 Å². The first-order valence-electron chi connectivity index (χ1n) is 7.39. The topological polar surface area (TPSA) is 79.2 Å². The van der Waals surface area contributed by atoms with Crippen LogP contribution in [0.25, 0.3) is 0 Å². The van der Waals surface area contributed by atoms with Gasteiger partial charge in [-0.3, -0.25) is 5.32 Å². The van der Waals surface area contributed by atoms with Gasteiger partial charge in [0.2, 0.25) is 0 Å². The average molecular weight is 280 g/mol. The maximum Gasteiger partial charge on any atom is 0.320 e. The second-order valence-electron chi connectivity index (χ2n) is 5.52. The van der Waals surface area contributed by atoms with Crippen LogP contribution in [0.5, 0.6) is 0 Å². The van der Waals surface area contributed by atoms with Crippen molar-refractivity contribution in [3.8, 4) is 0 Å². The molecule has 1 saturated carbocycles. The second kappa shape index (κ2) is 6.74. The van der Waals surface area contributed by atoms with Crippen molar-refractivity contribution in [1.82, 2.24) is 15.1 Å². The van der Waals surface area contributed by atoms with E-state index in [2.05, 4.69) is 29.6 Å². The highest BCUT2D eigenvalue weighted by atomic mass is 16.3. The molecule has 1 aromatic rings. The fourth-order valence-electron chi connectivity index (χ4n) is 2.50. The highest BCUT2D eigenvalue weighted by Crippen LogP contribution is 2.19. The van der Waals surface area contributed by atoms with Crippen LogP contribution in [0.4, 0.5) is 10.6 Å². The molecule has 1 fully saturated rings. The summed E-state index contributed by atoms with van der Waals surface area (Å²) >= 11 is 0. The molecule has 1 unspecified atom stereocenters. The van der Waals surface area contributed by atoms with E-state index in [4.69, 9.17) is 0 Å². The summed E-state index contributed by atoms with van der Waals surface area (Å²) in [6, 6.07) is 2.01. The fourth-order valence-corrected chi connectivity index (χ4v) is 2.50. The van der Waals surface area contributed by atoms with E-state index in [0.717, 1.165) is 32.1 Å². The lowest BCUT2D eigenvalue weighted by Gasteiger charge is -2.26. The van der Waals surface area contributed by atoms with E-state index in [-0.39, 0.29) is 24.2 Å². The van der Waals surface area contributed by atoms with Crippen molar-refractivity contribution < 1.29 is 9.90 Å². The normalized spacial score (nSPS) is 24.1. The van der Waals surface area contributed by atoms with Gasteiger partial charge in [-0.1, -0.05) is 6.92 Å². The molecule has 0 spiro atoms. The molecule has 0 radical (unpaired) electrons. The quantitative estimate of drug-likeness (QED) is 0.791. The maximum atomic E-state index is 12.0. The highest BCUT2D eigenvalue weighted by Gasteiger charge is 2.21. The van der Waals surface area contributed by atoms with Gasteiger partial charge in [-0.25, -0.2) is 9.48 Å². The number of urea groups is 1. The molecule has 1 atom stereocenters. The number of aliphatic hydroxyl groups is 1. The molecule has 1 aliphatic rings. The molecular weight excluding hydrogens is 256 g/mol. The van der Waals surface area contributed by atoms with Gasteiger partial charge in [0, 0.05) is 12.1 Å². The van der Waals surface area contributed by atoms with Crippen LogP contribution in [0, 0.1) is 0 Å². The highest BCUT2D eigenvalue weighted by molar-refractivity contribution is 5.88. The molecule has 1 heterocycles. The van der Waals surface area contributed by atoms with Gasteiger partial charge in [0.15, 0.2) is 0 Å². The Morgan fingerprint density at radius 2 is 2.20 bits per heavy atom. The maximum absolute atomic E-state index is 12.0. The van der Waals surface area contributed by atoms with Gasteiger partial charge in [-0.2, -0.15) is 5.10 Å². The van der Waals surface area contributed by atoms with Gasteiger partial charge in [0.25, 0.3) is 0 Å². The Morgan fingerprint density at radius 1 is 1.50 bits per heavy atom. The summed E-state index contributed by atoms with van der Waals surface area (Å²) < 4.78 is 1.82. The molecule has 6 nitrogen and oxygen atoms in total. The Morgan fingerprint density at radius 3 is 2.85 bits per heavy atom. The molecule has 3 N–H and O–H groups in total. The Balaban J connectivity index is 1.87. The number of hydrogen-bond acceptors (Lipinski definition) is 3. The van der Waals surface area contributed by atoms with E-state index < -0.39 is 0 Å². The number of amides is 2. The first-order chi connectivity index (χ1) is 9.60. The molecule has 0 bridgehead atoms. The average Bonchev–Trinajstić information content (AvgIpc) is 2.88. The van der Waals surface area contributed by atoms with Gasteiger partial charge in [0.05, 0.1) is 18.3 Å². The summed E-state index contributed by atoms with van der Waals surface area (Å²) in [7, 11) is 0. The van der Waals surface area contributed by atoms with Crippen molar-refractivity contribution in [1.29, 1.82) is 0 Å². The molecule has 112 valence electrons. The van der Waals surface area contributed by atoms with Crippen LogP contribution < -0.4 is 10.6 Å². The Labute approximate surface area is 119 Å². The third kappa shape index (κ3) is 3.72. The zero-order chi connectivity index (χ0) is 14.5. The van der Waals surface area contributed by atoms with Gasteiger partial charge in [0.1, 0.15) is 5.82 Å². The number of anilines is 1. The summed E-state index contributed by atoms with van der Waals surface area (Å²) in [5, 5.41) is 19.5. The number of rotatable bonds is 4. The van der Waals surface area contributed by atoms with Crippen LogP contribution in [0.15, 0.2) is 12.3 Å². The minimum absolute atomic E-state index is 0.151. The lowest BCUT2D eigenvalue weighted by molar-refractivity contribution is 0.118. The molecule has 2 amide bonds. The standard InChI is InChI=1S/C14H24N4O2/c1-3-10(2)18-13(8-9-15-18)17-14(20)16-11-4-6-12(19)7-5-11/h8-12,19H,3-7H2,1-2H3,(H2,16,17,20). The van der Waals surface area contributed by atoms with E-state index >= 15 is 0 Å². The van der Waals surface area contributed by atoms with Gasteiger partial charge >= 0.3 is 6.03 Å². The summed E-state index contributed by atoms with van der Waals surface area (Å²) in [5.74, 6) is 0.715.